The molecule has 2 heterocycles. The van der Waals surface area contributed by atoms with Crippen molar-refractivity contribution in [3.63, 3.8) is 0 Å². The van der Waals surface area contributed by atoms with E-state index < -0.39 is 0 Å². The van der Waals surface area contributed by atoms with E-state index in [1.54, 1.807) is 12.1 Å². The predicted molar refractivity (Wildman–Crippen MR) is 75.5 cm³/mol. The first-order chi connectivity index (χ1) is 9.63. The van der Waals surface area contributed by atoms with Gasteiger partial charge in [-0.15, -0.1) is 0 Å². The second-order valence-electron chi connectivity index (χ2n) is 5.27. The number of ether oxygens (including phenoxy) is 1. The average molecular weight is 295 g/mol. The summed E-state index contributed by atoms with van der Waals surface area (Å²) in [5.41, 5.74) is 2.04. The van der Waals surface area contributed by atoms with Crippen molar-refractivity contribution in [2.75, 3.05) is 0 Å². The quantitative estimate of drug-likeness (QED) is 0.860. The van der Waals surface area contributed by atoms with Crippen LogP contribution in [0, 0.1) is 11.7 Å². The van der Waals surface area contributed by atoms with E-state index in [1.165, 1.54) is 12.1 Å². The van der Waals surface area contributed by atoms with Crippen molar-refractivity contribution >= 4 is 11.6 Å². The molecule has 0 radical (unpaired) electrons. The van der Waals surface area contributed by atoms with Gasteiger partial charge in [0, 0.05) is 12.2 Å². The summed E-state index contributed by atoms with van der Waals surface area (Å²) in [5.74, 6) is 1.00. The Hall–Kier alpha value is -1.55. The Kier molecular flexibility index (Phi) is 3.66. The largest absolute Gasteiger partial charge is 0.487 e. The number of aromatic nitrogens is 2. The summed E-state index contributed by atoms with van der Waals surface area (Å²) in [7, 11) is 0. The number of hydrogen-bond acceptors (Lipinski definition) is 2. The molecule has 5 heteroatoms. The van der Waals surface area contributed by atoms with Crippen molar-refractivity contribution in [3.05, 3.63) is 46.8 Å². The summed E-state index contributed by atoms with van der Waals surface area (Å²) in [4.78, 5) is 4.39. The maximum atomic E-state index is 12.8. The zero-order valence-corrected chi connectivity index (χ0v) is 12.0. The summed E-state index contributed by atoms with van der Waals surface area (Å²) < 4.78 is 20.6. The first-order valence-electron chi connectivity index (χ1n) is 6.75. The lowest BCUT2D eigenvalue weighted by Crippen LogP contribution is -2.18. The molecule has 0 saturated carbocycles. The van der Waals surface area contributed by atoms with Gasteiger partial charge in [0.1, 0.15) is 23.9 Å². The molecule has 1 aromatic heterocycles. The Morgan fingerprint density at radius 2 is 2.15 bits per heavy atom. The third kappa shape index (κ3) is 2.66. The van der Waals surface area contributed by atoms with E-state index in [9.17, 15) is 4.39 Å². The number of halogens is 2. The normalized spacial score (nSPS) is 17.9. The first kappa shape index (κ1) is 13.4. The van der Waals surface area contributed by atoms with Crippen LogP contribution in [0.2, 0.25) is 5.28 Å². The summed E-state index contributed by atoms with van der Waals surface area (Å²) in [5, 5.41) is 0.532. The molecule has 106 valence electrons. The van der Waals surface area contributed by atoms with Gasteiger partial charge in [-0.3, -0.25) is 0 Å². The van der Waals surface area contributed by atoms with Crippen molar-refractivity contribution in [2.24, 2.45) is 5.92 Å². The molecule has 1 atom stereocenters. The van der Waals surface area contributed by atoms with Gasteiger partial charge in [0.2, 0.25) is 5.28 Å². The minimum atomic E-state index is -0.270. The van der Waals surface area contributed by atoms with Gasteiger partial charge in [0.25, 0.3) is 0 Å². The van der Waals surface area contributed by atoms with Crippen LogP contribution in [0.4, 0.5) is 4.39 Å². The number of benzene rings is 1. The van der Waals surface area contributed by atoms with Crippen LogP contribution in [-0.2, 0) is 19.6 Å². The molecule has 0 N–H and O–H groups in total. The fourth-order valence-corrected chi connectivity index (χ4v) is 2.83. The SMILES string of the molecule is CC1CCn2c(Cl)nc(COc3ccc(F)cc3)c2C1. The van der Waals surface area contributed by atoms with E-state index in [-0.39, 0.29) is 5.82 Å². The zero-order chi connectivity index (χ0) is 14.1. The Bertz CT molecular complexity index is 609. The van der Waals surface area contributed by atoms with Crippen LogP contribution in [0.25, 0.3) is 0 Å². The van der Waals surface area contributed by atoms with Gasteiger partial charge in [-0.25, -0.2) is 9.37 Å². The van der Waals surface area contributed by atoms with E-state index in [0.717, 1.165) is 30.8 Å². The summed E-state index contributed by atoms with van der Waals surface area (Å²) in [6.45, 7) is 3.51. The molecule has 0 aliphatic carbocycles. The zero-order valence-electron chi connectivity index (χ0n) is 11.3. The predicted octanol–water partition coefficient (Wildman–Crippen LogP) is 3.84. The molecule has 1 aromatic carbocycles. The van der Waals surface area contributed by atoms with Crippen LogP contribution in [0.15, 0.2) is 24.3 Å². The fraction of sp³-hybridized carbons (Fsp3) is 0.400. The van der Waals surface area contributed by atoms with Crippen molar-refractivity contribution < 1.29 is 9.13 Å². The molecule has 1 unspecified atom stereocenters. The second kappa shape index (κ2) is 5.44. The number of imidazole rings is 1. The maximum Gasteiger partial charge on any atom is 0.203 e. The van der Waals surface area contributed by atoms with Crippen molar-refractivity contribution in [1.29, 1.82) is 0 Å². The number of rotatable bonds is 3. The molecule has 0 bridgehead atoms. The average Bonchev–Trinajstić information content (AvgIpc) is 2.74. The fourth-order valence-electron chi connectivity index (χ4n) is 2.54. The van der Waals surface area contributed by atoms with E-state index in [0.29, 0.717) is 23.6 Å². The summed E-state index contributed by atoms with van der Waals surface area (Å²) in [6.07, 6.45) is 2.10. The van der Waals surface area contributed by atoms with Gasteiger partial charge in [-0.05, 0) is 54.6 Å². The molecule has 1 aliphatic rings. The molecular formula is C15H16ClFN2O. The van der Waals surface area contributed by atoms with Crippen LogP contribution >= 0.6 is 11.6 Å². The number of hydrogen-bond donors (Lipinski definition) is 0. The molecule has 0 amide bonds. The van der Waals surface area contributed by atoms with Crippen LogP contribution in [0.3, 0.4) is 0 Å². The molecule has 0 fully saturated rings. The highest BCUT2D eigenvalue weighted by atomic mass is 35.5. The monoisotopic (exact) mass is 294 g/mol. The number of nitrogens with zero attached hydrogens (tertiary/aromatic N) is 2. The van der Waals surface area contributed by atoms with Gasteiger partial charge >= 0.3 is 0 Å². The Morgan fingerprint density at radius 1 is 1.40 bits per heavy atom. The van der Waals surface area contributed by atoms with E-state index >= 15 is 0 Å². The topological polar surface area (TPSA) is 27.1 Å². The van der Waals surface area contributed by atoms with E-state index in [4.69, 9.17) is 16.3 Å². The molecule has 2 aromatic rings. The molecule has 0 spiro atoms. The minimum Gasteiger partial charge on any atom is -0.487 e. The lowest BCUT2D eigenvalue weighted by atomic mass is 9.97. The van der Waals surface area contributed by atoms with Crippen molar-refractivity contribution in [1.82, 2.24) is 9.55 Å². The third-order valence-corrected chi connectivity index (χ3v) is 3.97. The van der Waals surface area contributed by atoms with E-state index in [1.807, 2.05) is 0 Å². The Labute approximate surface area is 122 Å². The van der Waals surface area contributed by atoms with Gasteiger partial charge in [-0.1, -0.05) is 6.92 Å². The lowest BCUT2D eigenvalue weighted by Gasteiger charge is -2.21. The van der Waals surface area contributed by atoms with Gasteiger partial charge < -0.3 is 9.30 Å². The Balaban J connectivity index is 1.76. The van der Waals surface area contributed by atoms with Gasteiger partial charge in [-0.2, -0.15) is 0 Å². The highest BCUT2D eigenvalue weighted by Gasteiger charge is 2.22. The van der Waals surface area contributed by atoms with Gasteiger partial charge in [0.15, 0.2) is 0 Å². The molecule has 20 heavy (non-hydrogen) atoms. The van der Waals surface area contributed by atoms with Crippen LogP contribution in [0.1, 0.15) is 24.7 Å². The third-order valence-electron chi connectivity index (χ3n) is 3.69. The molecule has 3 nitrogen and oxygen atoms in total. The molecule has 1 aliphatic heterocycles. The van der Waals surface area contributed by atoms with Crippen LogP contribution in [0.5, 0.6) is 5.75 Å². The highest BCUT2D eigenvalue weighted by Crippen LogP contribution is 2.27. The van der Waals surface area contributed by atoms with Crippen LogP contribution < -0.4 is 4.74 Å². The van der Waals surface area contributed by atoms with Crippen molar-refractivity contribution in [3.8, 4) is 5.75 Å². The lowest BCUT2D eigenvalue weighted by molar-refractivity contribution is 0.297. The second-order valence-corrected chi connectivity index (χ2v) is 5.60. The van der Waals surface area contributed by atoms with Crippen molar-refractivity contribution in [2.45, 2.75) is 32.9 Å². The first-order valence-corrected chi connectivity index (χ1v) is 7.13. The standard InChI is InChI=1S/C15H16ClFN2O/c1-10-6-7-19-14(8-10)13(18-15(19)16)9-20-12-4-2-11(17)3-5-12/h2-5,10H,6-9H2,1H3. The minimum absolute atomic E-state index is 0.270. The van der Waals surface area contributed by atoms with E-state index in [2.05, 4.69) is 16.5 Å². The smallest absolute Gasteiger partial charge is 0.203 e. The molecule has 0 saturated heterocycles. The summed E-state index contributed by atoms with van der Waals surface area (Å²) in [6, 6.07) is 5.99. The molecular weight excluding hydrogens is 279 g/mol. The molecule has 3 rings (SSSR count). The summed E-state index contributed by atoms with van der Waals surface area (Å²) >= 11 is 6.16. The number of fused-ring (bicyclic) bond motifs is 1. The highest BCUT2D eigenvalue weighted by molar-refractivity contribution is 6.28. The Morgan fingerprint density at radius 3 is 2.90 bits per heavy atom. The van der Waals surface area contributed by atoms with Gasteiger partial charge in [0.05, 0.1) is 0 Å². The maximum absolute atomic E-state index is 12.8. The van der Waals surface area contributed by atoms with Crippen LogP contribution in [-0.4, -0.2) is 9.55 Å².